The van der Waals surface area contributed by atoms with Crippen molar-refractivity contribution in [2.45, 2.75) is 39.3 Å². The van der Waals surface area contributed by atoms with Gasteiger partial charge in [-0.3, -0.25) is 4.90 Å². The number of nitrogens with one attached hydrogen (secondary N) is 1. The summed E-state index contributed by atoms with van der Waals surface area (Å²) in [4.78, 5) is 4.07. The van der Waals surface area contributed by atoms with Gasteiger partial charge in [0.2, 0.25) is 0 Å². The first kappa shape index (κ1) is 12.1. The van der Waals surface area contributed by atoms with E-state index in [4.69, 9.17) is 0 Å². The van der Waals surface area contributed by atoms with Gasteiger partial charge in [-0.1, -0.05) is 6.92 Å². The van der Waals surface area contributed by atoms with Gasteiger partial charge in [-0.2, -0.15) is 0 Å². The lowest BCUT2D eigenvalue weighted by atomic mass is 10.3. The van der Waals surface area contributed by atoms with E-state index in [2.05, 4.69) is 35.5 Å². The van der Waals surface area contributed by atoms with Crippen LogP contribution in [-0.4, -0.2) is 30.6 Å². The Morgan fingerprint density at radius 3 is 2.88 bits per heavy atom. The van der Waals surface area contributed by atoms with Crippen molar-refractivity contribution < 1.29 is 0 Å². The zero-order chi connectivity index (χ0) is 11.4. The Kier molecular flexibility index (Phi) is 4.38. The molecule has 2 nitrogen and oxygen atoms in total. The Labute approximate surface area is 103 Å². The Balaban J connectivity index is 1.62. The van der Waals surface area contributed by atoms with Crippen molar-refractivity contribution in [1.29, 1.82) is 0 Å². The van der Waals surface area contributed by atoms with Gasteiger partial charge in [0.25, 0.3) is 0 Å². The van der Waals surface area contributed by atoms with Crippen molar-refractivity contribution >= 4 is 11.3 Å². The number of aryl methyl sites for hydroxylation is 1. The van der Waals surface area contributed by atoms with Gasteiger partial charge in [0.1, 0.15) is 0 Å². The molecule has 0 unspecified atom stereocenters. The van der Waals surface area contributed by atoms with Crippen LogP contribution in [0.2, 0.25) is 0 Å². The largest absolute Gasteiger partial charge is 0.311 e. The van der Waals surface area contributed by atoms with E-state index in [0.29, 0.717) is 0 Å². The maximum Gasteiger partial charge on any atom is 0.0302 e. The van der Waals surface area contributed by atoms with Gasteiger partial charge >= 0.3 is 0 Å². The molecule has 1 heterocycles. The molecule has 16 heavy (non-hydrogen) atoms. The average Bonchev–Trinajstić information content (AvgIpc) is 3.04. The van der Waals surface area contributed by atoms with Crippen LogP contribution in [0.25, 0.3) is 0 Å². The number of hydrogen-bond acceptors (Lipinski definition) is 3. The fourth-order valence-corrected chi connectivity index (χ4v) is 2.92. The third-order valence-corrected chi connectivity index (χ3v) is 4.32. The van der Waals surface area contributed by atoms with E-state index in [0.717, 1.165) is 19.1 Å². The van der Waals surface area contributed by atoms with Crippen LogP contribution in [0.1, 0.15) is 30.2 Å². The lowest BCUT2D eigenvalue weighted by molar-refractivity contribution is 0.277. The summed E-state index contributed by atoms with van der Waals surface area (Å²) in [5.74, 6) is 0. The van der Waals surface area contributed by atoms with Gasteiger partial charge in [0.15, 0.2) is 0 Å². The zero-order valence-corrected chi connectivity index (χ0v) is 11.1. The summed E-state index contributed by atoms with van der Waals surface area (Å²) < 4.78 is 0. The molecule has 0 amide bonds. The SMILES string of the molecule is CCN(CCNCc1sccc1C)C1CC1. The molecule has 90 valence electrons. The second-order valence-electron chi connectivity index (χ2n) is 4.56. The molecule has 0 aromatic carbocycles. The Morgan fingerprint density at radius 2 is 2.31 bits per heavy atom. The number of hydrogen-bond donors (Lipinski definition) is 1. The molecule has 1 saturated carbocycles. The molecule has 1 aromatic heterocycles. The van der Waals surface area contributed by atoms with Crippen LogP contribution in [0.15, 0.2) is 11.4 Å². The predicted octanol–water partition coefficient (Wildman–Crippen LogP) is 2.63. The minimum absolute atomic E-state index is 0.898. The lowest BCUT2D eigenvalue weighted by Gasteiger charge is -2.19. The van der Waals surface area contributed by atoms with Crippen molar-refractivity contribution in [3.63, 3.8) is 0 Å². The van der Waals surface area contributed by atoms with Gasteiger partial charge in [-0.25, -0.2) is 0 Å². The summed E-state index contributed by atoms with van der Waals surface area (Å²) >= 11 is 1.86. The molecule has 1 aliphatic carbocycles. The van der Waals surface area contributed by atoms with Crippen LogP contribution in [0.4, 0.5) is 0 Å². The number of rotatable bonds is 7. The van der Waals surface area contributed by atoms with Crippen LogP contribution in [0.3, 0.4) is 0 Å². The summed E-state index contributed by atoms with van der Waals surface area (Å²) in [6.07, 6.45) is 2.83. The first-order valence-corrected chi connectivity index (χ1v) is 7.17. The Morgan fingerprint density at radius 1 is 1.50 bits per heavy atom. The standard InChI is InChI=1S/C13H22N2S/c1-3-15(12-4-5-12)8-7-14-10-13-11(2)6-9-16-13/h6,9,12,14H,3-5,7-8,10H2,1-2H3. The van der Waals surface area contributed by atoms with Gasteiger partial charge in [0, 0.05) is 30.6 Å². The van der Waals surface area contributed by atoms with Crippen LogP contribution in [0.5, 0.6) is 0 Å². The molecule has 0 aliphatic heterocycles. The van der Waals surface area contributed by atoms with Crippen molar-refractivity contribution in [1.82, 2.24) is 10.2 Å². The van der Waals surface area contributed by atoms with E-state index < -0.39 is 0 Å². The van der Waals surface area contributed by atoms with Crippen LogP contribution < -0.4 is 5.32 Å². The lowest BCUT2D eigenvalue weighted by Crippen LogP contribution is -2.33. The van der Waals surface area contributed by atoms with Gasteiger partial charge in [-0.05, 0) is 43.3 Å². The second-order valence-corrected chi connectivity index (χ2v) is 5.56. The molecule has 1 aliphatic rings. The molecule has 0 radical (unpaired) electrons. The quantitative estimate of drug-likeness (QED) is 0.735. The molecule has 1 N–H and O–H groups in total. The molecule has 1 fully saturated rings. The van der Waals surface area contributed by atoms with E-state index in [-0.39, 0.29) is 0 Å². The fourth-order valence-electron chi connectivity index (χ4n) is 2.05. The molecule has 0 spiro atoms. The molecular formula is C13H22N2S. The molecule has 0 saturated heterocycles. The van der Waals surface area contributed by atoms with Gasteiger partial charge in [0.05, 0.1) is 0 Å². The van der Waals surface area contributed by atoms with Crippen LogP contribution >= 0.6 is 11.3 Å². The monoisotopic (exact) mass is 238 g/mol. The van der Waals surface area contributed by atoms with Crippen molar-refractivity contribution in [2.75, 3.05) is 19.6 Å². The Hall–Kier alpha value is -0.380. The molecular weight excluding hydrogens is 216 g/mol. The summed E-state index contributed by atoms with van der Waals surface area (Å²) in [6.45, 7) is 9.00. The van der Waals surface area contributed by atoms with E-state index >= 15 is 0 Å². The topological polar surface area (TPSA) is 15.3 Å². The predicted molar refractivity (Wildman–Crippen MR) is 71.0 cm³/mol. The maximum atomic E-state index is 3.54. The summed E-state index contributed by atoms with van der Waals surface area (Å²) in [6, 6.07) is 3.10. The highest BCUT2D eigenvalue weighted by atomic mass is 32.1. The normalized spacial score (nSPS) is 15.9. The van der Waals surface area contributed by atoms with E-state index in [1.165, 1.54) is 36.4 Å². The fraction of sp³-hybridized carbons (Fsp3) is 0.692. The highest BCUT2D eigenvalue weighted by Crippen LogP contribution is 2.25. The first-order chi connectivity index (χ1) is 7.81. The molecule has 1 aromatic rings. The highest BCUT2D eigenvalue weighted by Gasteiger charge is 2.26. The number of thiophene rings is 1. The number of nitrogens with zero attached hydrogens (tertiary/aromatic N) is 1. The smallest absolute Gasteiger partial charge is 0.0302 e. The highest BCUT2D eigenvalue weighted by molar-refractivity contribution is 7.10. The summed E-state index contributed by atoms with van der Waals surface area (Å²) in [5.41, 5.74) is 1.42. The Bertz CT molecular complexity index is 317. The van der Waals surface area contributed by atoms with E-state index in [1.807, 2.05) is 11.3 Å². The van der Waals surface area contributed by atoms with Gasteiger partial charge in [-0.15, -0.1) is 11.3 Å². The van der Waals surface area contributed by atoms with Gasteiger partial charge < -0.3 is 5.32 Å². The molecule has 2 rings (SSSR count). The molecule has 3 heteroatoms. The average molecular weight is 238 g/mol. The van der Waals surface area contributed by atoms with Crippen molar-refractivity contribution in [3.8, 4) is 0 Å². The summed E-state index contributed by atoms with van der Waals surface area (Å²) in [7, 11) is 0. The van der Waals surface area contributed by atoms with Crippen LogP contribution in [0, 0.1) is 6.92 Å². The third-order valence-electron chi connectivity index (χ3n) is 3.30. The van der Waals surface area contributed by atoms with E-state index in [9.17, 15) is 0 Å². The maximum absolute atomic E-state index is 3.54. The molecule has 0 bridgehead atoms. The minimum atomic E-state index is 0.898. The van der Waals surface area contributed by atoms with Crippen LogP contribution in [-0.2, 0) is 6.54 Å². The van der Waals surface area contributed by atoms with Crippen molar-refractivity contribution in [3.05, 3.63) is 21.9 Å². The van der Waals surface area contributed by atoms with E-state index in [1.54, 1.807) is 0 Å². The first-order valence-electron chi connectivity index (χ1n) is 6.29. The minimum Gasteiger partial charge on any atom is -0.311 e. The van der Waals surface area contributed by atoms with Crippen molar-refractivity contribution in [2.24, 2.45) is 0 Å². The summed E-state index contributed by atoms with van der Waals surface area (Å²) in [5, 5.41) is 5.72. The number of likely N-dealkylation sites (N-methyl/N-ethyl adjacent to an activating group) is 1. The second kappa shape index (κ2) is 5.80. The zero-order valence-electron chi connectivity index (χ0n) is 10.3. The third kappa shape index (κ3) is 3.30. The molecule has 0 atom stereocenters.